The first-order valence-corrected chi connectivity index (χ1v) is 6.07. The molecule has 1 aromatic rings. The van der Waals surface area contributed by atoms with Gasteiger partial charge in [-0.05, 0) is 6.07 Å². The fourth-order valence-electron chi connectivity index (χ4n) is 1.66. The Hall–Kier alpha value is -2.19. The molecule has 108 valence electrons. The lowest BCUT2D eigenvalue weighted by molar-refractivity contribution is -0.0852. The lowest BCUT2D eigenvalue weighted by Crippen LogP contribution is -2.41. The average molecular weight is 281 g/mol. The van der Waals surface area contributed by atoms with Crippen molar-refractivity contribution >= 4 is 17.7 Å². The Kier molecular flexibility index (Phi) is 4.85. The molecule has 0 radical (unpaired) electrons. The molecule has 1 atom stereocenters. The Morgan fingerprint density at radius 2 is 2.25 bits per heavy atom. The van der Waals surface area contributed by atoms with Crippen molar-refractivity contribution in [2.24, 2.45) is 0 Å². The van der Waals surface area contributed by atoms with Crippen LogP contribution in [0, 0.1) is 0 Å². The van der Waals surface area contributed by atoms with Crippen LogP contribution in [0.15, 0.2) is 18.5 Å². The van der Waals surface area contributed by atoms with Crippen LogP contribution >= 0.6 is 0 Å². The summed E-state index contributed by atoms with van der Waals surface area (Å²) in [6, 6.07) is 0.873. The molecule has 8 heteroatoms. The first-order chi connectivity index (χ1) is 9.65. The minimum absolute atomic E-state index is 0.00631. The number of hydrogen-bond acceptors (Lipinski definition) is 5. The van der Waals surface area contributed by atoms with Crippen molar-refractivity contribution in [1.29, 1.82) is 0 Å². The number of carbonyl (C=O) groups excluding carboxylic acids is 1. The number of rotatable bonds is 4. The maximum absolute atomic E-state index is 11.6. The van der Waals surface area contributed by atoms with Crippen LogP contribution in [0.2, 0.25) is 0 Å². The fraction of sp³-hybridized carbons (Fsp3) is 0.417. The number of pyridine rings is 1. The van der Waals surface area contributed by atoms with Crippen LogP contribution in [0.3, 0.4) is 0 Å². The minimum atomic E-state index is -1.10. The number of ether oxygens (including phenoxy) is 2. The zero-order valence-electron chi connectivity index (χ0n) is 10.7. The van der Waals surface area contributed by atoms with E-state index in [4.69, 9.17) is 14.6 Å². The summed E-state index contributed by atoms with van der Waals surface area (Å²) in [4.78, 5) is 26.2. The van der Waals surface area contributed by atoms with E-state index in [-0.39, 0.29) is 11.7 Å². The molecule has 2 rings (SSSR count). The number of anilines is 1. The third-order valence-corrected chi connectivity index (χ3v) is 2.62. The summed E-state index contributed by atoms with van der Waals surface area (Å²) < 4.78 is 10.6. The summed E-state index contributed by atoms with van der Waals surface area (Å²) in [7, 11) is 0. The molecule has 0 aromatic carbocycles. The molecule has 3 N–H and O–H groups in total. The van der Waals surface area contributed by atoms with Gasteiger partial charge in [0.15, 0.2) is 0 Å². The third kappa shape index (κ3) is 4.18. The normalized spacial score (nSPS) is 18.3. The summed E-state index contributed by atoms with van der Waals surface area (Å²) >= 11 is 0. The zero-order valence-corrected chi connectivity index (χ0v) is 10.7. The Balaban J connectivity index is 1.81. The Labute approximate surface area is 115 Å². The molecule has 8 nitrogen and oxygen atoms in total. The molecule has 0 saturated carbocycles. The summed E-state index contributed by atoms with van der Waals surface area (Å²) in [6.45, 7) is 1.84. The maximum Gasteiger partial charge on any atom is 0.337 e. The number of aromatic carboxylic acids is 1. The fourth-order valence-corrected chi connectivity index (χ4v) is 1.66. The number of hydrogen-bond donors (Lipinski definition) is 3. The van der Waals surface area contributed by atoms with Gasteiger partial charge in [0.25, 0.3) is 0 Å². The van der Waals surface area contributed by atoms with Gasteiger partial charge in [0, 0.05) is 12.7 Å². The molecule has 1 fully saturated rings. The van der Waals surface area contributed by atoms with E-state index in [0.29, 0.717) is 32.1 Å². The van der Waals surface area contributed by atoms with Crippen molar-refractivity contribution in [3.8, 4) is 0 Å². The molecule has 0 aliphatic carbocycles. The number of carboxylic acids is 1. The van der Waals surface area contributed by atoms with E-state index in [2.05, 4.69) is 15.6 Å². The van der Waals surface area contributed by atoms with E-state index in [9.17, 15) is 9.59 Å². The highest BCUT2D eigenvalue weighted by Crippen LogP contribution is 2.08. The first-order valence-electron chi connectivity index (χ1n) is 6.07. The van der Waals surface area contributed by atoms with Crippen LogP contribution in [0.1, 0.15) is 10.4 Å². The lowest BCUT2D eigenvalue weighted by atomic mass is 10.2. The molecule has 2 heterocycles. The number of carboxylic acid groups (broad SMARTS) is 1. The molecule has 1 saturated heterocycles. The van der Waals surface area contributed by atoms with Crippen LogP contribution in [-0.2, 0) is 9.47 Å². The highest BCUT2D eigenvalue weighted by Gasteiger charge is 2.15. The highest BCUT2D eigenvalue weighted by molar-refractivity contribution is 5.92. The number of carbonyl (C=O) groups is 2. The van der Waals surface area contributed by atoms with E-state index < -0.39 is 12.0 Å². The molecule has 0 spiro atoms. The van der Waals surface area contributed by atoms with Gasteiger partial charge >= 0.3 is 12.0 Å². The molecule has 1 aliphatic rings. The van der Waals surface area contributed by atoms with Crippen LogP contribution in [0.5, 0.6) is 0 Å². The summed E-state index contributed by atoms with van der Waals surface area (Å²) in [6.07, 6.45) is 2.41. The van der Waals surface area contributed by atoms with Crippen molar-refractivity contribution in [3.05, 3.63) is 24.0 Å². The molecule has 1 aliphatic heterocycles. The predicted molar refractivity (Wildman–Crippen MR) is 68.8 cm³/mol. The summed E-state index contributed by atoms with van der Waals surface area (Å²) in [5, 5.41) is 13.9. The number of nitrogens with one attached hydrogen (secondary N) is 2. The smallest absolute Gasteiger partial charge is 0.337 e. The molecule has 2 amide bonds. The van der Waals surface area contributed by atoms with Gasteiger partial charge in [-0.1, -0.05) is 0 Å². The van der Waals surface area contributed by atoms with Crippen molar-refractivity contribution in [3.63, 3.8) is 0 Å². The van der Waals surface area contributed by atoms with Gasteiger partial charge in [0.05, 0.1) is 43.4 Å². The van der Waals surface area contributed by atoms with Gasteiger partial charge in [0.2, 0.25) is 0 Å². The third-order valence-electron chi connectivity index (χ3n) is 2.62. The molecule has 1 unspecified atom stereocenters. The standard InChI is InChI=1S/C12H15N3O5/c16-11(17)8-3-9(5-13-4-8)15-12(18)14-6-10-7-19-1-2-20-10/h3-5,10H,1-2,6-7H2,(H,16,17)(H2,14,15,18). The number of amides is 2. The topological polar surface area (TPSA) is 110 Å². The van der Waals surface area contributed by atoms with Gasteiger partial charge < -0.3 is 25.2 Å². The largest absolute Gasteiger partial charge is 0.478 e. The van der Waals surface area contributed by atoms with E-state index in [0.717, 1.165) is 0 Å². The molecule has 0 bridgehead atoms. The second-order valence-corrected chi connectivity index (χ2v) is 4.17. The lowest BCUT2D eigenvalue weighted by Gasteiger charge is -2.23. The van der Waals surface area contributed by atoms with Crippen molar-refractivity contribution in [2.45, 2.75) is 6.10 Å². The first kappa shape index (κ1) is 14.2. The van der Waals surface area contributed by atoms with Gasteiger partial charge in [-0.2, -0.15) is 0 Å². The summed E-state index contributed by atoms with van der Waals surface area (Å²) in [5.41, 5.74) is 0.315. The van der Waals surface area contributed by atoms with Crippen molar-refractivity contribution in [2.75, 3.05) is 31.7 Å². The zero-order chi connectivity index (χ0) is 14.4. The number of nitrogens with zero attached hydrogens (tertiary/aromatic N) is 1. The van der Waals surface area contributed by atoms with E-state index >= 15 is 0 Å². The van der Waals surface area contributed by atoms with E-state index in [1.54, 1.807) is 0 Å². The monoisotopic (exact) mass is 281 g/mol. The Bertz CT molecular complexity index is 488. The Morgan fingerprint density at radius 1 is 1.40 bits per heavy atom. The number of urea groups is 1. The van der Waals surface area contributed by atoms with Crippen molar-refractivity contribution < 1.29 is 24.2 Å². The predicted octanol–water partition coefficient (Wildman–Crippen LogP) is 0.317. The SMILES string of the molecule is O=C(NCC1COCCO1)Nc1cncc(C(=O)O)c1. The van der Waals surface area contributed by atoms with Gasteiger partial charge in [-0.15, -0.1) is 0 Å². The average Bonchev–Trinajstić information content (AvgIpc) is 2.46. The molecular weight excluding hydrogens is 266 g/mol. The van der Waals surface area contributed by atoms with Crippen LogP contribution < -0.4 is 10.6 Å². The van der Waals surface area contributed by atoms with Crippen LogP contribution in [0.4, 0.5) is 10.5 Å². The minimum Gasteiger partial charge on any atom is -0.478 e. The van der Waals surface area contributed by atoms with E-state index in [1.165, 1.54) is 18.5 Å². The van der Waals surface area contributed by atoms with Gasteiger partial charge in [-0.3, -0.25) is 4.98 Å². The van der Waals surface area contributed by atoms with Gasteiger partial charge in [-0.25, -0.2) is 9.59 Å². The van der Waals surface area contributed by atoms with E-state index in [1.807, 2.05) is 0 Å². The highest BCUT2D eigenvalue weighted by atomic mass is 16.6. The Morgan fingerprint density at radius 3 is 2.95 bits per heavy atom. The van der Waals surface area contributed by atoms with Gasteiger partial charge in [0.1, 0.15) is 0 Å². The molecular formula is C12H15N3O5. The molecule has 20 heavy (non-hydrogen) atoms. The van der Waals surface area contributed by atoms with Crippen molar-refractivity contribution in [1.82, 2.24) is 10.3 Å². The quantitative estimate of drug-likeness (QED) is 0.733. The second-order valence-electron chi connectivity index (χ2n) is 4.17. The maximum atomic E-state index is 11.6. The van der Waals surface area contributed by atoms with Crippen LogP contribution in [-0.4, -0.2) is 54.6 Å². The summed E-state index contributed by atoms with van der Waals surface area (Å²) in [5.74, 6) is -1.10. The van der Waals surface area contributed by atoms with Crippen LogP contribution in [0.25, 0.3) is 0 Å². The molecule has 1 aromatic heterocycles. The number of aromatic nitrogens is 1. The second kappa shape index (κ2) is 6.83.